The van der Waals surface area contributed by atoms with Gasteiger partial charge in [-0.15, -0.1) is 0 Å². The van der Waals surface area contributed by atoms with Crippen molar-refractivity contribution < 1.29 is 33.3 Å². The second-order valence-corrected chi connectivity index (χ2v) is 9.83. The van der Waals surface area contributed by atoms with Gasteiger partial charge in [0.25, 0.3) is 0 Å². The standard InChI is InChI=1S/C35H32O7/c1-23(2)33(36)21-39-32-13-12-28-19-27(10-11-29(28)20-32)26-8-5-25(6-9-26)7-18-34(37)42-31-16-14-30(15-17-31)40-22-41-35(38)24(3)4/h5-6,8-17,19-20H,1,3,7,18,21-22H2,2,4H3. The molecule has 0 unspecified atom stereocenters. The zero-order chi connectivity index (χ0) is 30.1. The van der Waals surface area contributed by atoms with Crippen LogP contribution in [-0.2, 0) is 25.5 Å². The number of ketones is 1. The molecule has 0 aliphatic rings. The van der Waals surface area contributed by atoms with Gasteiger partial charge in [-0.25, -0.2) is 4.79 Å². The van der Waals surface area contributed by atoms with Crippen molar-refractivity contribution in [3.63, 3.8) is 0 Å². The van der Waals surface area contributed by atoms with Crippen LogP contribution in [0.1, 0.15) is 25.8 Å². The molecule has 0 spiro atoms. The number of hydrogen-bond donors (Lipinski definition) is 0. The van der Waals surface area contributed by atoms with Crippen molar-refractivity contribution in [3.8, 4) is 28.4 Å². The summed E-state index contributed by atoms with van der Waals surface area (Å²) < 4.78 is 21.3. The third-order valence-corrected chi connectivity index (χ3v) is 6.38. The lowest BCUT2D eigenvalue weighted by molar-refractivity contribution is -0.145. The fourth-order valence-electron chi connectivity index (χ4n) is 3.94. The summed E-state index contributed by atoms with van der Waals surface area (Å²) in [4.78, 5) is 35.5. The third-order valence-electron chi connectivity index (χ3n) is 6.38. The molecule has 0 N–H and O–H groups in total. The van der Waals surface area contributed by atoms with Crippen molar-refractivity contribution in [2.24, 2.45) is 0 Å². The molecule has 4 aromatic rings. The Morgan fingerprint density at radius 1 is 0.667 bits per heavy atom. The number of carbonyl (C=O) groups excluding carboxylic acids is 3. The topological polar surface area (TPSA) is 88.1 Å². The van der Waals surface area contributed by atoms with E-state index in [2.05, 4.69) is 19.2 Å². The number of Topliss-reactive ketones (excluding diaryl/α,β-unsaturated/α-hetero) is 1. The molecule has 214 valence electrons. The van der Waals surface area contributed by atoms with Crippen LogP contribution in [0.4, 0.5) is 0 Å². The first kappa shape index (κ1) is 29.8. The van der Waals surface area contributed by atoms with Gasteiger partial charge in [-0.2, -0.15) is 0 Å². The highest BCUT2D eigenvalue weighted by molar-refractivity contribution is 5.95. The Bertz CT molecular complexity index is 1620. The van der Waals surface area contributed by atoms with Crippen LogP contribution in [0.2, 0.25) is 0 Å². The maximum Gasteiger partial charge on any atom is 0.335 e. The minimum absolute atomic E-state index is 0.0245. The van der Waals surface area contributed by atoms with Crippen LogP contribution >= 0.6 is 0 Å². The van der Waals surface area contributed by atoms with E-state index in [4.69, 9.17) is 18.9 Å². The summed E-state index contributed by atoms with van der Waals surface area (Å²) in [5, 5.41) is 2.07. The Hall–Kier alpha value is -5.17. The Kier molecular flexibility index (Phi) is 9.90. The van der Waals surface area contributed by atoms with Gasteiger partial charge < -0.3 is 18.9 Å². The molecule has 4 rings (SSSR count). The van der Waals surface area contributed by atoms with E-state index in [0.29, 0.717) is 34.8 Å². The molecule has 0 amide bonds. The van der Waals surface area contributed by atoms with E-state index in [0.717, 1.165) is 27.5 Å². The number of hydrogen-bond acceptors (Lipinski definition) is 7. The Morgan fingerprint density at radius 2 is 1.29 bits per heavy atom. The highest BCUT2D eigenvalue weighted by Gasteiger charge is 2.09. The number of rotatable bonds is 13. The van der Waals surface area contributed by atoms with Crippen LogP contribution < -0.4 is 14.2 Å². The lowest BCUT2D eigenvalue weighted by Gasteiger charge is -2.09. The Balaban J connectivity index is 1.26. The summed E-state index contributed by atoms with van der Waals surface area (Å²) >= 11 is 0. The van der Waals surface area contributed by atoms with Gasteiger partial charge in [-0.1, -0.05) is 55.6 Å². The molecule has 0 aliphatic carbocycles. The molecule has 0 saturated heterocycles. The normalized spacial score (nSPS) is 10.5. The minimum Gasteiger partial charge on any atom is -0.485 e. The van der Waals surface area contributed by atoms with Crippen LogP contribution in [0.15, 0.2) is 109 Å². The molecule has 42 heavy (non-hydrogen) atoms. The molecule has 0 saturated carbocycles. The zero-order valence-electron chi connectivity index (χ0n) is 23.7. The molecule has 7 heteroatoms. The second-order valence-electron chi connectivity index (χ2n) is 9.83. The number of carbonyl (C=O) groups is 3. The summed E-state index contributed by atoms with van der Waals surface area (Å²) in [5.74, 6) is 0.519. The van der Waals surface area contributed by atoms with E-state index in [9.17, 15) is 14.4 Å². The summed E-state index contributed by atoms with van der Waals surface area (Å²) in [6, 6.07) is 26.5. The number of ether oxygens (including phenoxy) is 4. The molecule has 0 fully saturated rings. The van der Waals surface area contributed by atoms with E-state index in [1.54, 1.807) is 38.1 Å². The van der Waals surface area contributed by atoms with Crippen LogP contribution in [0.5, 0.6) is 17.2 Å². The van der Waals surface area contributed by atoms with Gasteiger partial charge in [0, 0.05) is 12.0 Å². The first-order valence-electron chi connectivity index (χ1n) is 13.4. The van der Waals surface area contributed by atoms with Crippen LogP contribution in [0.25, 0.3) is 21.9 Å². The molecule has 0 aliphatic heterocycles. The third kappa shape index (κ3) is 8.41. The molecule has 0 aromatic heterocycles. The number of fused-ring (bicyclic) bond motifs is 1. The predicted octanol–water partition coefficient (Wildman–Crippen LogP) is 7.02. The van der Waals surface area contributed by atoms with Crippen molar-refractivity contribution in [2.75, 3.05) is 13.4 Å². The van der Waals surface area contributed by atoms with E-state index in [1.807, 2.05) is 54.6 Å². The van der Waals surface area contributed by atoms with Gasteiger partial charge in [-0.05, 0) is 95.8 Å². The lowest BCUT2D eigenvalue weighted by Crippen LogP contribution is -2.11. The monoisotopic (exact) mass is 564 g/mol. The highest BCUT2D eigenvalue weighted by atomic mass is 16.7. The van der Waals surface area contributed by atoms with E-state index >= 15 is 0 Å². The summed E-state index contributed by atoms with van der Waals surface area (Å²) in [6.07, 6.45) is 0.773. The maximum atomic E-state index is 12.4. The fraction of sp³-hybridized carbons (Fsp3) is 0.171. The van der Waals surface area contributed by atoms with Gasteiger partial charge in [0.1, 0.15) is 17.2 Å². The van der Waals surface area contributed by atoms with E-state index in [-0.39, 0.29) is 31.6 Å². The first-order valence-corrected chi connectivity index (χ1v) is 13.4. The van der Waals surface area contributed by atoms with Crippen molar-refractivity contribution in [1.29, 1.82) is 0 Å². The molecular formula is C35H32O7. The van der Waals surface area contributed by atoms with Gasteiger partial charge in [0.15, 0.2) is 12.4 Å². The Labute approximate surface area is 245 Å². The highest BCUT2D eigenvalue weighted by Crippen LogP contribution is 2.28. The van der Waals surface area contributed by atoms with Gasteiger partial charge in [-0.3, -0.25) is 9.59 Å². The van der Waals surface area contributed by atoms with Crippen molar-refractivity contribution in [1.82, 2.24) is 0 Å². The quantitative estimate of drug-likeness (QED) is 0.0746. The number of aryl methyl sites for hydroxylation is 1. The molecule has 7 nitrogen and oxygen atoms in total. The zero-order valence-corrected chi connectivity index (χ0v) is 23.7. The lowest BCUT2D eigenvalue weighted by atomic mass is 9.99. The second kappa shape index (κ2) is 13.9. The first-order chi connectivity index (χ1) is 20.2. The molecule has 0 heterocycles. The largest absolute Gasteiger partial charge is 0.485 e. The fourth-order valence-corrected chi connectivity index (χ4v) is 3.94. The van der Waals surface area contributed by atoms with Crippen LogP contribution in [0.3, 0.4) is 0 Å². The summed E-state index contributed by atoms with van der Waals surface area (Å²) in [7, 11) is 0. The van der Waals surface area contributed by atoms with Crippen molar-refractivity contribution in [3.05, 3.63) is 115 Å². The van der Waals surface area contributed by atoms with Crippen molar-refractivity contribution in [2.45, 2.75) is 26.7 Å². The van der Waals surface area contributed by atoms with Crippen LogP contribution in [-0.4, -0.2) is 31.1 Å². The van der Waals surface area contributed by atoms with Gasteiger partial charge in [0.2, 0.25) is 6.79 Å². The molecule has 0 bridgehead atoms. The van der Waals surface area contributed by atoms with E-state index < -0.39 is 5.97 Å². The maximum absolute atomic E-state index is 12.4. The number of benzene rings is 4. The van der Waals surface area contributed by atoms with E-state index in [1.165, 1.54) is 0 Å². The van der Waals surface area contributed by atoms with Gasteiger partial charge >= 0.3 is 11.9 Å². The predicted molar refractivity (Wildman–Crippen MR) is 161 cm³/mol. The van der Waals surface area contributed by atoms with Gasteiger partial charge in [0.05, 0.1) is 0 Å². The number of esters is 2. The summed E-state index contributed by atoms with van der Waals surface area (Å²) in [6.45, 7) is 10.1. The molecule has 4 aromatic carbocycles. The molecule has 0 radical (unpaired) electrons. The SMILES string of the molecule is C=C(C)C(=O)COc1ccc2cc(-c3ccc(CCC(=O)Oc4ccc(OCOC(=O)C(=C)C)cc4)cc3)ccc2c1. The average Bonchev–Trinajstić information content (AvgIpc) is 2.99. The Morgan fingerprint density at radius 3 is 1.98 bits per heavy atom. The molecular weight excluding hydrogens is 532 g/mol. The smallest absolute Gasteiger partial charge is 0.335 e. The van der Waals surface area contributed by atoms with Crippen molar-refractivity contribution >= 4 is 28.5 Å². The average molecular weight is 565 g/mol. The minimum atomic E-state index is -0.528. The molecule has 0 atom stereocenters. The summed E-state index contributed by atoms with van der Waals surface area (Å²) in [5.41, 5.74) is 3.92. The van der Waals surface area contributed by atoms with Crippen LogP contribution in [0, 0.1) is 0 Å².